The van der Waals surface area contributed by atoms with Crippen molar-refractivity contribution in [2.45, 2.75) is 57.9 Å². The minimum Gasteiger partial charge on any atom is -0.481 e. The Bertz CT molecular complexity index is 725. The van der Waals surface area contributed by atoms with Crippen LogP contribution in [0.1, 0.15) is 72.6 Å². The maximum Gasteiger partial charge on any atom is 0.306 e. The molecule has 1 spiro atoms. The monoisotopic (exact) mass is 386 g/mol. The third kappa shape index (κ3) is 4.27. The van der Waals surface area contributed by atoms with Crippen LogP contribution in [-0.4, -0.2) is 35.4 Å². The van der Waals surface area contributed by atoms with Gasteiger partial charge in [0.25, 0.3) is 0 Å². The fourth-order valence-electron chi connectivity index (χ4n) is 5.00. The molecule has 2 fully saturated rings. The predicted octanol–water partition coefficient (Wildman–Crippen LogP) is 3.01. The zero-order valence-corrected chi connectivity index (χ0v) is 16.4. The molecule has 6 heteroatoms. The lowest BCUT2D eigenvalue weighted by molar-refractivity contribution is -0.144. The number of amides is 1. The minimum absolute atomic E-state index is 0.0523. The van der Waals surface area contributed by atoms with E-state index >= 15 is 0 Å². The molecule has 2 unspecified atom stereocenters. The number of rotatable bonds is 6. The molecule has 1 heterocycles. The van der Waals surface area contributed by atoms with Crippen molar-refractivity contribution >= 4 is 17.7 Å². The van der Waals surface area contributed by atoms with Crippen LogP contribution in [0.15, 0.2) is 24.3 Å². The maximum absolute atomic E-state index is 12.8. The van der Waals surface area contributed by atoms with Crippen molar-refractivity contribution in [3.8, 4) is 0 Å². The second-order valence-corrected chi connectivity index (χ2v) is 8.47. The summed E-state index contributed by atoms with van der Waals surface area (Å²) in [4.78, 5) is 35.4. The Morgan fingerprint density at radius 3 is 2.14 bits per heavy atom. The van der Waals surface area contributed by atoms with Gasteiger partial charge in [-0.25, -0.2) is 0 Å². The van der Waals surface area contributed by atoms with Crippen LogP contribution in [0.5, 0.6) is 0 Å². The van der Waals surface area contributed by atoms with Crippen LogP contribution in [0.2, 0.25) is 0 Å². The van der Waals surface area contributed by atoms with Crippen molar-refractivity contribution < 1.29 is 19.5 Å². The Hall–Kier alpha value is -2.21. The van der Waals surface area contributed by atoms with Crippen LogP contribution < -0.4 is 11.1 Å². The Labute approximate surface area is 165 Å². The lowest BCUT2D eigenvalue weighted by atomic mass is 9.63. The largest absolute Gasteiger partial charge is 0.481 e. The maximum atomic E-state index is 12.8. The number of Topliss-reactive ketones (excluding diaryl/α,β-unsaturated/α-hetero) is 1. The molecule has 28 heavy (non-hydrogen) atoms. The van der Waals surface area contributed by atoms with E-state index in [1.54, 1.807) is 24.3 Å². The lowest BCUT2D eigenvalue weighted by Crippen LogP contribution is -2.50. The van der Waals surface area contributed by atoms with Gasteiger partial charge in [-0.1, -0.05) is 19.1 Å². The van der Waals surface area contributed by atoms with Gasteiger partial charge in [-0.3, -0.25) is 14.4 Å². The standard InChI is InChI=1S/C22H30N2O4/c1-2-17(21(27)28)14-7-10-22(11-8-14)12-9-18(24-13-22)19(25)15-3-5-16(6-4-15)20(23)26/h3-6,14,17-18,24H,2,7-13H2,1H3,(H2,23,26)(H,27,28). The van der Waals surface area contributed by atoms with Crippen LogP contribution >= 0.6 is 0 Å². The van der Waals surface area contributed by atoms with E-state index in [0.717, 1.165) is 45.1 Å². The smallest absolute Gasteiger partial charge is 0.306 e. The molecule has 1 aromatic rings. The van der Waals surface area contributed by atoms with Gasteiger partial charge in [-0.15, -0.1) is 0 Å². The molecule has 1 aliphatic heterocycles. The third-order valence-electron chi connectivity index (χ3n) is 6.87. The number of nitrogens with one attached hydrogen (secondary N) is 1. The lowest BCUT2D eigenvalue weighted by Gasteiger charge is -2.46. The minimum atomic E-state index is -0.668. The number of carbonyl (C=O) groups is 3. The average molecular weight is 386 g/mol. The van der Waals surface area contributed by atoms with E-state index in [1.165, 1.54) is 0 Å². The van der Waals surface area contributed by atoms with Gasteiger partial charge >= 0.3 is 5.97 Å². The molecule has 4 N–H and O–H groups in total. The summed E-state index contributed by atoms with van der Waals surface area (Å²) >= 11 is 0. The van der Waals surface area contributed by atoms with Gasteiger partial charge in [0.2, 0.25) is 5.91 Å². The van der Waals surface area contributed by atoms with Crippen LogP contribution in [0.3, 0.4) is 0 Å². The second kappa shape index (κ2) is 8.43. The van der Waals surface area contributed by atoms with Crippen LogP contribution in [-0.2, 0) is 4.79 Å². The highest BCUT2D eigenvalue weighted by Crippen LogP contribution is 2.46. The van der Waals surface area contributed by atoms with Crippen LogP contribution in [0, 0.1) is 17.3 Å². The van der Waals surface area contributed by atoms with Crippen molar-refractivity contribution in [3.05, 3.63) is 35.4 Å². The molecule has 1 saturated heterocycles. The normalized spacial score (nSPS) is 28.6. The van der Waals surface area contributed by atoms with E-state index in [4.69, 9.17) is 5.73 Å². The van der Waals surface area contributed by atoms with Gasteiger partial charge in [0.05, 0.1) is 12.0 Å². The molecule has 1 amide bonds. The van der Waals surface area contributed by atoms with E-state index in [-0.39, 0.29) is 29.1 Å². The molecular formula is C22H30N2O4. The summed E-state index contributed by atoms with van der Waals surface area (Å²) in [6, 6.07) is 6.30. The number of piperidine rings is 1. The molecule has 6 nitrogen and oxygen atoms in total. The number of aliphatic carboxylic acids is 1. The van der Waals surface area contributed by atoms with Crippen molar-refractivity contribution in [1.82, 2.24) is 5.32 Å². The third-order valence-corrected chi connectivity index (χ3v) is 6.87. The quantitative estimate of drug-likeness (QED) is 0.651. The summed E-state index contributed by atoms with van der Waals surface area (Å²) in [7, 11) is 0. The molecule has 1 aliphatic carbocycles. The van der Waals surface area contributed by atoms with Crippen LogP contribution in [0.4, 0.5) is 0 Å². The first-order valence-corrected chi connectivity index (χ1v) is 10.3. The number of ketones is 1. The number of carbonyl (C=O) groups excluding carboxylic acids is 2. The van der Waals surface area contributed by atoms with Gasteiger partial charge in [-0.2, -0.15) is 0 Å². The summed E-state index contributed by atoms with van der Waals surface area (Å²) in [6.07, 6.45) is 6.45. The fraction of sp³-hybridized carbons (Fsp3) is 0.591. The Kier molecular flexibility index (Phi) is 6.18. The molecular weight excluding hydrogens is 356 g/mol. The van der Waals surface area contributed by atoms with E-state index in [0.29, 0.717) is 17.5 Å². The van der Waals surface area contributed by atoms with E-state index in [9.17, 15) is 19.5 Å². The first-order chi connectivity index (χ1) is 13.3. The molecule has 152 valence electrons. The predicted molar refractivity (Wildman–Crippen MR) is 106 cm³/mol. The highest BCUT2D eigenvalue weighted by atomic mass is 16.4. The summed E-state index contributed by atoms with van der Waals surface area (Å²) in [5.41, 5.74) is 6.43. The molecule has 1 saturated carbocycles. The highest BCUT2D eigenvalue weighted by Gasteiger charge is 2.42. The summed E-state index contributed by atoms with van der Waals surface area (Å²) < 4.78 is 0. The number of carboxylic acid groups (broad SMARTS) is 1. The Balaban J connectivity index is 1.55. The summed E-state index contributed by atoms with van der Waals surface area (Å²) in [5, 5.41) is 12.8. The summed E-state index contributed by atoms with van der Waals surface area (Å²) in [6.45, 7) is 2.76. The second-order valence-electron chi connectivity index (χ2n) is 8.47. The van der Waals surface area contributed by atoms with Gasteiger partial charge < -0.3 is 16.2 Å². The number of hydrogen-bond donors (Lipinski definition) is 3. The summed E-state index contributed by atoms with van der Waals surface area (Å²) in [5.74, 6) is -1.07. The molecule has 2 atom stereocenters. The Morgan fingerprint density at radius 1 is 1.11 bits per heavy atom. The molecule has 1 aromatic carbocycles. The molecule has 0 radical (unpaired) electrons. The number of hydrogen-bond acceptors (Lipinski definition) is 4. The number of benzene rings is 1. The average Bonchev–Trinajstić information content (AvgIpc) is 2.70. The fourth-order valence-corrected chi connectivity index (χ4v) is 5.00. The van der Waals surface area contributed by atoms with E-state index in [2.05, 4.69) is 5.32 Å². The first kappa shape index (κ1) is 20.5. The van der Waals surface area contributed by atoms with Gasteiger partial charge in [0, 0.05) is 17.7 Å². The van der Waals surface area contributed by atoms with Crippen molar-refractivity contribution in [3.63, 3.8) is 0 Å². The van der Waals surface area contributed by atoms with Gasteiger partial charge in [0.1, 0.15) is 0 Å². The molecule has 3 rings (SSSR count). The van der Waals surface area contributed by atoms with Crippen LogP contribution in [0.25, 0.3) is 0 Å². The number of nitrogens with two attached hydrogens (primary N) is 1. The molecule has 0 aromatic heterocycles. The van der Waals surface area contributed by atoms with E-state index < -0.39 is 11.9 Å². The van der Waals surface area contributed by atoms with E-state index in [1.807, 2.05) is 6.92 Å². The first-order valence-electron chi connectivity index (χ1n) is 10.3. The number of primary amides is 1. The highest BCUT2D eigenvalue weighted by molar-refractivity contribution is 6.01. The zero-order valence-electron chi connectivity index (χ0n) is 16.4. The Morgan fingerprint density at radius 2 is 1.68 bits per heavy atom. The molecule has 0 bridgehead atoms. The van der Waals surface area contributed by atoms with Crippen molar-refractivity contribution in [2.24, 2.45) is 23.0 Å². The zero-order chi connectivity index (χ0) is 20.3. The SMILES string of the molecule is CCC(C(=O)O)C1CCC2(CCC(C(=O)c3ccc(C(N)=O)cc3)NC2)CC1. The molecule has 2 aliphatic rings. The van der Waals surface area contributed by atoms with Crippen molar-refractivity contribution in [1.29, 1.82) is 0 Å². The number of carboxylic acids is 1. The van der Waals surface area contributed by atoms with Gasteiger partial charge in [0.15, 0.2) is 5.78 Å². The topological polar surface area (TPSA) is 109 Å². The van der Waals surface area contributed by atoms with Gasteiger partial charge in [-0.05, 0) is 68.4 Å². The van der Waals surface area contributed by atoms with Crippen molar-refractivity contribution in [2.75, 3.05) is 6.54 Å².